The molecule has 19 heavy (non-hydrogen) atoms. The van der Waals surface area contributed by atoms with Gasteiger partial charge in [-0.3, -0.25) is 0 Å². The molecule has 2 rings (SSSR count). The standard InChI is InChI=1S/C17H20ClP/c1-14-4-8-16(9-5-14)19(13-3-12-18)17-10-6-15(2)7-11-17/h4-11H,3,12-13H2,1-2H3. The van der Waals surface area contributed by atoms with Gasteiger partial charge in [0.25, 0.3) is 0 Å². The van der Waals surface area contributed by atoms with E-state index < -0.39 is 0 Å². The van der Waals surface area contributed by atoms with E-state index in [1.165, 1.54) is 27.9 Å². The van der Waals surface area contributed by atoms with Gasteiger partial charge in [-0.1, -0.05) is 59.7 Å². The minimum Gasteiger partial charge on any atom is -0.127 e. The number of hydrogen-bond donors (Lipinski definition) is 0. The second-order valence-electron chi connectivity index (χ2n) is 4.87. The van der Waals surface area contributed by atoms with Crippen LogP contribution in [0.1, 0.15) is 17.5 Å². The average molecular weight is 291 g/mol. The van der Waals surface area contributed by atoms with E-state index in [9.17, 15) is 0 Å². The maximum absolute atomic E-state index is 5.88. The second-order valence-corrected chi connectivity index (χ2v) is 7.58. The minimum atomic E-state index is -0.266. The Labute approximate surface area is 122 Å². The summed E-state index contributed by atoms with van der Waals surface area (Å²) in [4.78, 5) is 0. The Balaban J connectivity index is 2.29. The third kappa shape index (κ3) is 4.06. The molecule has 0 nitrogen and oxygen atoms in total. The molecule has 0 saturated carbocycles. The van der Waals surface area contributed by atoms with E-state index in [4.69, 9.17) is 11.6 Å². The molecular formula is C17H20ClP. The Hall–Kier alpha value is -0.840. The van der Waals surface area contributed by atoms with Gasteiger partial charge < -0.3 is 0 Å². The fourth-order valence-electron chi connectivity index (χ4n) is 2.07. The molecule has 0 heterocycles. The fraction of sp³-hybridized carbons (Fsp3) is 0.294. The van der Waals surface area contributed by atoms with Crippen molar-refractivity contribution in [3.05, 3.63) is 59.7 Å². The maximum atomic E-state index is 5.88. The highest BCUT2D eigenvalue weighted by molar-refractivity contribution is 7.73. The first-order valence-corrected chi connectivity index (χ1v) is 8.73. The molecule has 0 saturated heterocycles. The van der Waals surface area contributed by atoms with Crippen molar-refractivity contribution in [2.75, 3.05) is 12.0 Å². The predicted octanol–water partition coefficient (Wildman–Crippen LogP) is 4.37. The lowest BCUT2D eigenvalue weighted by Crippen LogP contribution is -2.14. The Morgan fingerprint density at radius 3 is 1.58 bits per heavy atom. The Morgan fingerprint density at radius 1 is 0.789 bits per heavy atom. The minimum absolute atomic E-state index is 0.266. The summed E-state index contributed by atoms with van der Waals surface area (Å²) in [7, 11) is -0.266. The van der Waals surface area contributed by atoms with E-state index in [0.29, 0.717) is 0 Å². The number of aryl methyl sites for hydroxylation is 2. The molecule has 2 aromatic carbocycles. The molecule has 0 atom stereocenters. The molecule has 2 heteroatoms. The normalized spacial score (nSPS) is 10.9. The summed E-state index contributed by atoms with van der Waals surface area (Å²) in [6.45, 7) is 4.27. The van der Waals surface area contributed by atoms with E-state index in [2.05, 4.69) is 62.4 Å². The van der Waals surface area contributed by atoms with E-state index in [1.54, 1.807) is 0 Å². The zero-order chi connectivity index (χ0) is 13.7. The van der Waals surface area contributed by atoms with Gasteiger partial charge in [0.1, 0.15) is 0 Å². The lowest BCUT2D eigenvalue weighted by Gasteiger charge is -2.18. The van der Waals surface area contributed by atoms with Crippen molar-refractivity contribution in [3.8, 4) is 0 Å². The van der Waals surface area contributed by atoms with Crippen LogP contribution in [0.2, 0.25) is 0 Å². The summed E-state index contributed by atoms with van der Waals surface area (Å²) in [5.41, 5.74) is 2.64. The van der Waals surface area contributed by atoms with Gasteiger partial charge in [-0.25, -0.2) is 0 Å². The molecular weight excluding hydrogens is 271 g/mol. The van der Waals surface area contributed by atoms with E-state index >= 15 is 0 Å². The van der Waals surface area contributed by atoms with E-state index in [-0.39, 0.29) is 7.92 Å². The third-order valence-electron chi connectivity index (χ3n) is 3.21. The molecule has 0 unspecified atom stereocenters. The third-order valence-corrected chi connectivity index (χ3v) is 6.08. The van der Waals surface area contributed by atoms with Crippen LogP contribution in [0.15, 0.2) is 48.5 Å². The Kier molecular flexibility index (Phi) is 5.43. The summed E-state index contributed by atoms with van der Waals surface area (Å²) in [5, 5.41) is 2.91. The first-order valence-electron chi connectivity index (χ1n) is 6.67. The van der Waals surface area contributed by atoms with E-state index in [0.717, 1.165) is 12.3 Å². The van der Waals surface area contributed by atoms with Crippen LogP contribution in [-0.2, 0) is 0 Å². The van der Waals surface area contributed by atoms with Crippen molar-refractivity contribution in [3.63, 3.8) is 0 Å². The Morgan fingerprint density at radius 2 is 1.21 bits per heavy atom. The van der Waals surface area contributed by atoms with Crippen LogP contribution in [0, 0.1) is 13.8 Å². The van der Waals surface area contributed by atoms with Crippen LogP contribution >= 0.6 is 19.5 Å². The molecule has 0 aliphatic carbocycles. The number of hydrogen-bond acceptors (Lipinski definition) is 0. The maximum Gasteiger partial charge on any atom is 0.0227 e. The molecule has 0 N–H and O–H groups in total. The van der Waals surface area contributed by atoms with Gasteiger partial charge in [0.15, 0.2) is 0 Å². The van der Waals surface area contributed by atoms with Gasteiger partial charge in [-0.15, -0.1) is 11.6 Å². The van der Waals surface area contributed by atoms with Crippen LogP contribution in [0.25, 0.3) is 0 Å². The zero-order valence-electron chi connectivity index (χ0n) is 11.6. The summed E-state index contributed by atoms with van der Waals surface area (Å²) >= 11 is 5.88. The molecule has 0 aliphatic heterocycles. The zero-order valence-corrected chi connectivity index (χ0v) is 13.2. The van der Waals surface area contributed by atoms with Gasteiger partial charge in [0, 0.05) is 5.88 Å². The summed E-state index contributed by atoms with van der Waals surface area (Å²) in [6, 6.07) is 17.9. The number of benzene rings is 2. The predicted molar refractivity (Wildman–Crippen MR) is 88.8 cm³/mol. The molecule has 0 aliphatic rings. The monoisotopic (exact) mass is 290 g/mol. The van der Waals surface area contributed by atoms with Crippen LogP contribution in [0.4, 0.5) is 0 Å². The lowest BCUT2D eigenvalue weighted by atomic mass is 10.2. The highest BCUT2D eigenvalue weighted by Crippen LogP contribution is 2.34. The van der Waals surface area contributed by atoms with Crippen LogP contribution in [0.5, 0.6) is 0 Å². The van der Waals surface area contributed by atoms with Crippen LogP contribution in [-0.4, -0.2) is 12.0 Å². The largest absolute Gasteiger partial charge is 0.127 e. The van der Waals surface area contributed by atoms with Crippen molar-refractivity contribution in [2.24, 2.45) is 0 Å². The number of alkyl halides is 1. The first kappa shape index (κ1) is 14.6. The summed E-state index contributed by atoms with van der Waals surface area (Å²) in [6.07, 6.45) is 2.25. The summed E-state index contributed by atoms with van der Waals surface area (Å²) in [5.74, 6) is 0.747. The van der Waals surface area contributed by atoms with Gasteiger partial charge in [0.2, 0.25) is 0 Å². The van der Waals surface area contributed by atoms with Gasteiger partial charge in [-0.05, 0) is 45.0 Å². The lowest BCUT2D eigenvalue weighted by molar-refractivity contribution is 1.11. The quantitative estimate of drug-likeness (QED) is 0.567. The van der Waals surface area contributed by atoms with Crippen molar-refractivity contribution in [2.45, 2.75) is 20.3 Å². The molecule has 0 amide bonds. The van der Waals surface area contributed by atoms with E-state index in [1.807, 2.05) is 0 Å². The highest BCUT2D eigenvalue weighted by atomic mass is 35.5. The first-order chi connectivity index (χ1) is 9.20. The fourth-order valence-corrected chi connectivity index (χ4v) is 4.70. The summed E-state index contributed by atoms with van der Waals surface area (Å²) < 4.78 is 0. The molecule has 0 fully saturated rings. The van der Waals surface area contributed by atoms with Gasteiger partial charge in [-0.2, -0.15) is 0 Å². The topological polar surface area (TPSA) is 0 Å². The molecule has 0 bridgehead atoms. The highest BCUT2D eigenvalue weighted by Gasteiger charge is 2.12. The molecule has 0 radical (unpaired) electrons. The van der Waals surface area contributed by atoms with Crippen molar-refractivity contribution < 1.29 is 0 Å². The number of halogens is 1. The van der Waals surface area contributed by atoms with Gasteiger partial charge >= 0.3 is 0 Å². The van der Waals surface area contributed by atoms with Crippen LogP contribution < -0.4 is 10.6 Å². The number of rotatable bonds is 5. The Bertz CT molecular complexity index is 456. The van der Waals surface area contributed by atoms with Crippen molar-refractivity contribution >= 4 is 30.1 Å². The van der Waals surface area contributed by atoms with Crippen molar-refractivity contribution in [1.29, 1.82) is 0 Å². The SMILES string of the molecule is Cc1ccc(P(CCCCl)c2ccc(C)cc2)cc1. The molecule has 100 valence electrons. The van der Waals surface area contributed by atoms with Gasteiger partial charge in [0.05, 0.1) is 0 Å². The smallest absolute Gasteiger partial charge is 0.0227 e. The second kappa shape index (κ2) is 7.08. The molecule has 2 aromatic rings. The molecule has 0 aromatic heterocycles. The van der Waals surface area contributed by atoms with Crippen molar-refractivity contribution in [1.82, 2.24) is 0 Å². The van der Waals surface area contributed by atoms with Crippen LogP contribution in [0.3, 0.4) is 0 Å². The molecule has 0 spiro atoms. The average Bonchev–Trinajstić information content (AvgIpc) is 2.43.